The van der Waals surface area contributed by atoms with Crippen molar-refractivity contribution in [1.29, 1.82) is 0 Å². The van der Waals surface area contributed by atoms with E-state index < -0.39 is 55.4 Å². The molecule has 0 aliphatic heterocycles. The largest absolute Gasteiger partial charge is 0.480 e. The van der Waals surface area contributed by atoms with Gasteiger partial charge >= 0.3 is 5.97 Å². The number of carboxylic acid groups (broad SMARTS) is 1. The predicted molar refractivity (Wildman–Crippen MR) is 64.8 cm³/mol. The summed E-state index contributed by atoms with van der Waals surface area (Å²) in [6, 6.07) is -1.53. The maximum atomic E-state index is 10.7. The number of carbonyl (C=O) groups is 2. The standard InChI is InChI=1S/C10H18N2O8/c11-7(16)1-4(10(19)20)12-2-5(14)8(17)9(18)6(15)3-13/h2,4-6,8-9,13-15,17-18H,1,3H2,(H2,11,16)(H,19,20)/t4-,5?,6?,8?,9?/m0/s1. The highest BCUT2D eigenvalue weighted by molar-refractivity contribution is 5.84. The highest BCUT2D eigenvalue weighted by Gasteiger charge is 2.29. The molecule has 10 nitrogen and oxygen atoms in total. The molecular formula is C10H18N2O8. The zero-order chi connectivity index (χ0) is 15.9. The molecule has 0 spiro atoms. The molecule has 0 aromatic carbocycles. The summed E-state index contributed by atoms with van der Waals surface area (Å²) in [6.45, 7) is -0.846. The van der Waals surface area contributed by atoms with Gasteiger partial charge in [-0.05, 0) is 0 Å². The molecule has 0 aliphatic carbocycles. The quantitative estimate of drug-likeness (QED) is 0.208. The second-order valence-corrected chi connectivity index (χ2v) is 4.04. The van der Waals surface area contributed by atoms with Gasteiger partial charge in [0.05, 0.1) is 13.0 Å². The zero-order valence-electron chi connectivity index (χ0n) is 10.4. The van der Waals surface area contributed by atoms with Gasteiger partial charge in [0, 0.05) is 6.21 Å². The van der Waals surface area contributed by atoms with Crippen LogP contribution in [0.4, 0.5) is 0 Å². The summed E-state index contributed by atoms with van der Waals surface area (Å²) in [7, 11) is 0. The molecule has 0 aromatic heterocycles. The van der Waals surface area contributed by atoms with E-state index in [1.807, 2.05) is 0 Å². The third-order valence-electron chi connectivity index (χ3n) is 2.38. The number of carbonyl (C=O) groups excluding carboxylic acids is 1. The van der Waals surface area contributed by atoms with E-state index in [2.05, 4.69) is 4.99 Å². The molecule has 0 heterocycles. The minimum Gasteiger partial charge on any atom is -0.480 e. The molecule has 1 amide bonds. The predicted octanol–water partition coefficient (Wildman–Crippen LogP) is -4.18. The zero-order valence-corrected chi connectivity index (χ0v) is 10.4. The van der Waals surface area contributed by atoms with Gasteiger partial charge in [-0.3, -0.25) is 9.79 Å². The summed E-state index contributed by atoms with van der Waals surface area (Å²) in [5, 5.41) is 54.5. The van der Waals surface area contributed by atoms with Gasteiger partial charge in [0.25, 0.3) is 0 Å². The highest BCUT2D eigenvalue weighted by Crippen LogP contribution is 2.05. The van der Waals surface area contributed by atoms with Crippen molar-refractivity contribution in [2.75, 3.05) is 6.61 Å². The Morgan fingerprint density at radius 1 is 1.15 bits per heavy atom. The van der Waals surface area contributed by atoms with Gasteiger partial charge in [0.15, 0.2) is 6.04 Å². The van der Waals surface area contributed by atoms with Crippen molar-refractivity contribution in [3.05, 3.63) is 0 Å². The first-order valence-electron chi connectivity index (χ1n) is 5.58. The van der Waals surface area contributed by atoms with Gasteiger partial charge in [-0.25, -0.2) is 4.79 Å². The maximum Gasteiger partial charge on any atom is 0.328 e. The van der Waals surface area contributed by atoms with Crippen LogP contribution in [0.2, 0.25) is 0 Å². The van der Waals surface area contributed by atoms with Gasteiger partial charge in [-0.15, -0.1) is 0 Å². The third kappa shape index (κ3) is 6.04. The van der Waals surface area contributed by atoms with E-state index in [0.29, 0.717) is 6.21 Å². The van der Waals surface area contributed by atoms with E-state index in [4.69, 9.17) is 21.1 Å². The van der Waals surface area contributed by atoms with Crippen molar-refractivity contribution < 1.29 is 40.2 Å². The molecule has 8 N–H and O–H groups in total. The van der Waals surface area contributed by atoms with E-state index >= 15 is 0 Å². The molecule has 0 bridgehead atoms. The van der Waals surface area contributed by atoms with Crippen molar-refractivity contribution in [3.8, 4) is 0 Å². The van der Waals surface area contributed by atoms with E-state index in [9.17, 15) is 24.9 Å². The molecule has 0 rings (SSSR count). The van der Waals surface area contributed by atoms with Crippen LogP contribution in [0, 0.1) is 0 Å². The van der Waals surface area contributed by atoms with Gasteiger partial charge < -0.3 is 36.4 Å². The van der Waals surface area contributed by atoms with Crippen LogP contribution >= 0.6 is 0 Å². The molecule has 0 saturated heterocycles. The number of nitrogens with two attached hydrogens (primary N) is 1. The molecule has 0 aromatic rings. The number of nitrogens with zero attached hydrogens (tertiary/aromatic N) is 1. The van der Waals surface area contributed by atoms with Crippen LogP contribution in [0.25, 0.3) is 0 Å². The Bertz CT molecular complexity index is 361. The normalized spacial score (nSPS) is 19.2. The lowest BCUT2D eigenvalue weighted by atomic mass is 10.0. The Morgan fingerprint density at radius 2 is 1.70 bits per heavy atom. The van der Waals surface area contributed by atoms with Crippen LogP contribution in [0.15, 0.2) is 4.99 Å². The van der Waals surface area contributed by atoms with E-state index in [-0.39, 0.29) is 0 Å². The summed E-state index contributed by atoms with van der Waals surface area (Å²) >= 11 is 0. The van der Waals surface area contributed by atoms with Crippen molar-refractivity contribution in [2.24, 2.45) is 10.7 Å². The second-order valence-electron chi connectivity index (χ2n) is 4.04. The fraction of sp³-hybridized carbons (Fsp3) is 0.700. The van der Waals surface area contributed by atoms with Crippen LogP contribution in [0.3, 0.4) is 0 Å². The maximum absolute atomic E-state index is 10.7. The fourth-order valence-electron chi connectivity index (χ4n) is 1.21. The molecule has 10 heteroatoms. The first-order chi connectivity index (χ1) is 9.20. The highest BCUT2D eigenvalue weighted by atomic mass is 16.4. The van der Waals surface area contributed by atoms with Crippen molar-refractivity contribution in [3.63, 3.8) is 0 Å². The Hall–Kier alpha value is -1.59. The topological polar surface area (TPSA) is 194 Å². The van der Waals surface area contributed by atoms with E-state index in [1.54, 1.807) is 0 Å². The molecule has 116 valence electrons. The number of carboxylic acids is 1. The third-order valence-corrected chi connectivity index (χ3v) is 2.38. The first-order valence-corrected chi connectivity index (χ1v) is 5.58. The van der Waals surface area contributed by atoms with Gasteiger partial charge in [0.2, 0.25) is 5.91 Å². The smallest absolute Gasteiger partial charge is 0.328 e. The summed E-state index contributed by atoms with van der Waals surface area (Å²) in [4.78, 5) is 24.7. The summed E-state index contributed by atoms with van der Waals surface area (Å²) in [5.41, 5.74) is 4.81. The monoisotopic (exact) mass is 294 g/mol. The van der Waals surface area contributed by atoms with E-state index in [0.717, 1.165) is 0 Å². The average molecular weight is 294 g/mol. The molecule has 20 heavy (non-hydrogen) atoms. The minimum absolute atomic E-state index is 0.601. The van der Waals surface area contributed by atoms with Gasteiger partial charge in [-0.2, -0.15) is 0 Å². The molecule has 0 radical (unpaired) electrons. The summed E-state index contributed by atoms with van der Waals surface area (Å²) < 4.78 is 0. The summed E-state index contributed by atoms with van der Waals surface area (Å²) in [5.74, 6) is -2.38. The van der Waals surface area contributed by atoms with Crippen molar-refractivity contribution >= 4 is 18.1 Å². The number of hydrogen-bond acceptors (Lipinski definition) is 8. The molecule has 0 fully saturated rings. The number of amides is 1. The lowest BCUT2D eigenvalue weighted by Crippen LogP contribution is -2.46. The number of hydrogen-bond donors (Lipinski definition) is 7. The fourth-order valence-corrected chi connectivity index (χ4v) is 1.21. The number of aliphatic hydroxyl groups excluding tert-OH is 5. The number of aliphatic imine (C=N–C) groups is 1. The molecule has 0 saturated carbocycles. The lowest BCUT2D eigenvalue weighted by molar-refractivity contribution is -0.140. The van der Waals surface area contributed by atoms with Crippen LogP contribution < -0.4 is 5.73 Å². The first kappa shape index (κ1) is 18.4. The van der Waals surface area contributed by atoms with Gasteiger partial charge in [0.1, 0.15) is 24.4 Å². The van der Waals surface area contributed by atoms with Crippen molar-refractivity contribution in [2.45, 2.75) is 36.9 Å². The van der Waals surface area contributed by atoms with Gasteiger partial charge in [-0.1, -0.05) is 0 Å². The number of aliphatic hydroxyl groups is 5. The lowest BCUT2D eigenvalue weighted by Gasteiger charge is -2.23. The molecule has 5 atom stereocenters. The Balaban J connectivity index is 4.69. The SMILES string of the molecule is NC(=O)C[C@H](N=CC(O)C(O)C(O)C(O)CO)C(=O)O. The Morgan fingerprint density at radius 3 is 2.10 bits per heavy atom. The molecule has 0 aliphatic rings. The summed E-state index contributed by atoms with van der Waals surface area (Å²) in [6.07, 6.45) is -7.24. The molecule has 4 unspecified atom stereocenters. The number of aliphatic carboxylic acids is 1. The Kier molecular flexibility index (Phi) is 7.87. The molecular weight excluding hydrogens is 276 g/mol. The van der Waals surface area contributed by atoms with Crippen LogP contribution in [0.1, 0.15) is 6.42 Å². The average Bonchev–Trinajstić information content (AvgIpc) is 2.39. The minimum atomic E-state index is -1.90. The van der Waals surface area contributed by atoms with Crippen molar-refractivity contribution in [1.82, 2.24) is 0 Å². The number of rotatable bonds is 9. The Labute approximate surface area is 113 Å². The van der Waals surface area contributed by atoms with E-state index in [1.165, 1.54) is 0 Å². The van der Waals surface area contributed by atoms with Crippen LogP contribution in [-0.2, 0) is 9.59 Å². The second kappa shape index (κ2) is 8.55. The van der Waals surface area contributed by atoms with Crippen LogP contribution in [-0.4, -0.2) is 85.8 Å². The number of primary amides is 1. The van der Waals surface area contributed by atoms with Crippen LogP contribution in [0.5, 0.6) is 0 Å².